The summed E-state index contributed by atoms with van der Waals surface area (Å²) in [6.07, 6.45) is 0. The van der Waals surface area contributed by atoms with E-state index in [4.69, 9.17) is 33.8 Å². The Morgan fingerprint density at radius 3 is 2.67 bits per heavy atom. The number of anilines is 1. The molecule has 1 aromatic carbocycles. The first kappa shape index (κ1) is 15.3. The first-order valence-electron chi connectivity index (χ1n) is 5.70. The van der Waals surface area contributed by atoms with E-state index in [2.05, 4.69) is 10.4 Å². The zero-order chi connectivity index (χ0) is 15.4. The average Bonchev–Trinajstić information content (AvgIpc) is 2.47. The van der Waals surface area contributed by atoms with Gasteiger partial charge in [-0.1, -0.05) is 23.2 Å². The third kappa shape index (κ3) is 3.72. The van der Waals surface area contributed by atoms with Crippen molar-refractivity contribution in [2.45, 2.75) is 6.61 Å². The summed E-state index contributed by atoms with van der Waals surface area (Å²) >= 11 is 11.9. The van der Waals surface area contributed by atoms with Crippen molar-refractivity contribution in [3.05, 3.63) is 56.2 Å². The molecule has 2 rings (SSSR count). The van der Waals surface area contributed by atoms with Gasteiger partial charge in [0.05, 0.1) is 20.7 Å². The number of nitro groups is 1. The number of rotatable bonds is 5. The quantitative estimate of drug-likeness (QED) is 0.496. The number of nitrogens with two attached hydrogens (primary N) is 1. The van der Waals surface area contributed by atoms with Crippen molar-refractivity contribution < 1.29 is 9.66 Å². The Labute approximate surface area is 129 Å². The van der Waals surface area contributed by atoms with Gasteiger partial charge in [-0.15, -0.1) is 0 Å². The van der Waals surface area contributed by atoms with E-state index in [9.17, 15) is 10.1 Å². The Morgan fingerprint density at radius 2 is 2.05 bits per heavy atom. The van der Waals surface area contributed by atoms with Crippen LogP contribution in [0.5, 0.6) is 5.75 Å². The number of hydrazine groups is 1. The van der Waals surface area contributed by atoms with Gasteiger partial charge >= 0.3 is 0 Å². The first-order chi connectivity index (χ1) is 10.0. The van der Waals surface area contributed by atoms with Gasteiger partial charge in [-0.2, -0.15) is 0 Å². The molecule has 0 saturated heterocycles. The Bertz CT molecular complexity index is 682. The van der Waals surface area contributed by atoms with E-state index < -0.39 is 4.92 Å². The number of pyridine rings is 1. The third-order valence-corrected chi connectivity index (χ3v) is 3.20. The molecule has 21 heavy (non-hydrogen) atoms. The van der Waals surface area contributed by atoms with Crippen molar-refractivity contribution in [2.75, 3.05) is 5.43 Å². The van der Waals surface area contributed by atoms with Crippen LogP contribution in [0.4, 0.5) is 11.5 Å². The maximum absolute atomic E-state index is 10.6. The number of aromatic nitrogens is 1. The molecule has 1 aromatic heterocycles. The number of non-ortho nitro benzene ring substituents is 1. The number of hydrogen-bond acceptors (Lipinski definition) is 6. The molecular weight excluding hydrogens is 319 g/mol. The predicted molar refractivity (Wildman–Crippen MR) is 79.5 cm³/mol. The zero-order valence-electron chi connectivity index (χ0n) is 10.5. The van der Waals surface area contributed by atoms with Gasteiger partial charge in [0.15, 0.2) is 0 Å². The maximum Gasteiger partial charge on any atom is 0.271 e. The second-order valence-corrected chi connectivity index (χ2v) is 4.74. The van der Waals surface area contributed by atoms with Crippen molar-refractivity contribution in [3.63, 3.8) is 0 Å². The number of nitrogens with zero attached hydrogens (tertiary/aromatic N) is 2. The summed E-state index contributed by atoms with van der Waals surface area (Å²) in [6.45, 7) is 0.0475. The highest BCUT2D eigenvalue weighted by molar-refractivity contribution is 6.32. The number of ether oxygens (including phenoxy) is 1. The first-order valence-corrected chi connectivity index (χ1v) is 6.45. The Balaban J connectivity index is 2.15. The molecule has 0 unspecified atom stereocenters. The number of halogens is 2. The minimum atomic E-state index is -0.537. The molecule has 2 aromatic rings. The number of nitro benzene ring substituents is 1. The topological polar surface area (TPSA) is 103 Å². The molecule has 0 fully saturated rings. The van der Waals surface area contributed by atoms with Crippen molar-refractivity contribution >= 4 is 34.7 Å². The minimum absolute atomic E-state index is 0.0475. The van der Waals surface area contributed by atoms with Crippen LogP contribution in [0.15, 0.2) is 30.3 Å². The monoisotopic (exact) mass is 328 g/mol. The number of hydrogen-bond donors (Lipinski definition) is 2. The van der Waals surface area contributed by atoms with Crippen molar-refractivity contribution in [3.8, 4) is 5.75 Å². The maximum atomic E-state index is 10.6. The molecule has 0 aliphatic rings. The van der Waals surface area contributed by atoms with Gasteiger partial charge in [-0.25, -0.2) is 10.8 Å². The fraction of sp³-hybridized carbons (Fsp3) is 0.0833. The van der Waals surface area contributed by atoms with E-state index in [1.165, 1.54) is 18.2 Å². The normalized spacial score (nSPS) is 10.2. The minimum Gasteiger partial charge on any atom is -0.486 e. The van der Waals surface area contributed by atoms with Gasteiger partial charge in [-0.3, -0.25) is 10.1 Å². The fourth-order valence-corrected chi connectivity index (χ4v) is 1.92. The largest absolute Gasteiger partial charge is 0.486 e. The molecule has 9 heteroatoms. The van der Waals surface area contributed by atoms with Crippen LogP contribution in [0, 0.1) is 10.1 Å². The van der Waals surface area contributed by atoms with Crippen LogP contribution >= 0.6 is 23.2 Å². The lowest BCUT2D eigenvalue weighted by molar-refractivity contribution is -0.384. The van der Waals surface area contributed by atoms with Crippen LogP contribution in [0.3, 0.4) is 0 Å². The standard InChI is InChI=1S/C12H10Cl2N4O3/c13-8-2-4-12(17-15)16-10(8)6-21-11-3-1-7(18(19)20)5-9(11)14/h1-5H,6,15H2,(H,16,17). The number of benzene rings is 1. The fourth-order valence-electron chi connectivity index (χ4n) is 1.53. The van der Waals surface area contributed by atoms with Crippen LogP contribution in [0.1, 0.15) is 5.69 Å². The summed E-state index contributed by atoms with van der Waals surface area (Å²) in [6, 6.07) is 7.17. The molecule has 7 nitrogen and oxygen atoms in total. The lowest BCUT2D eigenvalue weighted by Crippen LogP contribution is -2.10. The van der Waals surface area contributed by atoms with E-state index in [0.717, 1.165) is 0 Å². The summed E-state index contributed by atoms with van der Waals surface area (Å²) < 4.78 is 5.47. The van der Waals surface area contributed by atoms with E-state index in [1.54, 1.807) is 12.1 Å². The third-order valence-electron chi connectivity index (χ3n) is 2.56. The molecular formula is C12H10Cl2N4O3. The SMILES string of the molecule is NNc1ccc(Cl)c(COc2ccc([N+](=O)[O-])cc2Cl)n1. The molecule has 0 atom stereocenters. The average molecular weight is 329 g/mol. The molecule has 3 N–H and O–H groups in total. The number of nitrogens with one attached hydrogen (secondary N) is 1. The van der Waals surface area contributed by atoms with Crippen molar-refractivity contribution in [2.24, 2.45) is 5.84 Å². The summed E-state index contributed by atoms with van der Waals surface area (Å²) in [4.78, 5) is 14.2. The summed E-state index contributed by atoms with van der Waals surface area (Å²) in [5, 5.41) is 11.2. The molecule has 0 aliphatic carbocycles. The van der Waals surface area contributed by atoms with Gasteiger partial charge in [0.1, 0.15) is 18.2 Å². The lowest BCUT2D eigenvalue weighted by atomic mass is 10.3. The van der Waals surface area contributed by atoms with E-state index >= 15 is 0 Å². The summed E-state index contributed by atoms with van der Waals surface area (Å²) in [7, 11) is 0. The summed E-state index contributed by atoms with van der Waals surface area (Å²) in [5.74, 6) is 6.00. The van der Waals surface area contributed by atoms with Gasteiger partial charge in [0.2, 0.25) is 0 Å². The Morgan fingerprint density at radius 1 is 1.29 bits per heavy atom. The van der Waals surface area contributed by atoms with Gasteiger partial charge < -0.3 is 10.2 Å². The lowest BCUT2D eigenvalue weighted by Gasteiger charge is -2.09. The molecule has 0 saturated carbocycles. The molecule has 110 valence electrons. The second kappa shape index (κ2) is 6.57. The Kier molecular flexibility index (Phi) is 4.79. The molecule has 0 amide bonds. The molecule has 0 spiro atoms. The van der Waals surface area contributed by atoms with Crippen LogP contribution in [-0.4, -0.2) is 9.91 Å². The van der Waals surface area contributed by atoms with Gasteiger partial charge in [0.25, 0.3) is 5.69 Å². The van der Waals surface area contributed by atoms with Crippen LogP contribution in [0.2, 0.25) is 10.0 Å². The highest BCUT2D eigenvalue weighted by Gasteiger charge is 2.11. The van der Waals surface area contributed by atoms with Gasteiger partial charge in [0, 0.05) is 12.1 Å². The predicted octanol–water partition coefficient (Wildman–Crippen LogP) is 3.16. The molecule has 0 radical (unpaired) electrons. The second-order valence-electron chi connectivity index (χ2n) is 3.93. The van der Waals surface area contributed by atoms with Crippen molar-refractivity contribution in [1.29, 1.82) is 0 Å². The molecule has 1 heterocycles. The molecule has 0 bridgehead atoms. The number of nitrogen functional groups attached to an aromatic ring is 1. The van der Waals surface area contributed by atoms with Crippen LogP contribution < -0.4 is 16.0 Å². The Hall–Kier alpha value is -2.09. The molecule has 0 aliphatic heterocycles. The van der Waals surface area contributed by atoms with Crippen LogP contribution in [-0.2, 0) is 6.61 Å². The van der Waals surface area contributed by atoms with Crippen molar-refractivity contribution in [1.82, 2.24) is 4.98 Å². The highest BCUT2D eigenvalue weighted by Crippen LogP contribution is 2.29. The van der Waals surface area contributed by atoms with Crippen LogP contribution in [0.25, 0.3) is 0 Å². The zero-order valence-corrected chi connectivity index (χ0v) is 12.1. The smallest absolute Gasteiger partial charge is 0.271 e. The summed E-state index contributed by atoms with van der Waals surface area (Å²) in [5.41, 5.74) is 2.74. The van der Waals surface area contributed by atoms with E-state index in [1.807, 2.05) is 0 Å². The van der Waals surface area contributed by atoms with Gasteiger partial charge in [-0.05, 0) is 18.2 Å². The highest BCUT2D eigenvalue weighted by atomic mass is 35.5. The van der Waals surface area contributed by atoms with E-state index in [-0.39, 0.29) is 17.3 Å². The van der Waals surface area contributed by atoms with E-state index in [0.29, 0.717) is 22.3 Å².